The van der Waals surface area contributed by atoms with E-state index in [1.807, 2.05) is 6.26 Å². The molecule has 12 heteroatoms. The van der Waals surface area contributed by atoms with Crippen LogP contribution in [0.5, 0.6) is 0 Å². The van der Waals surface area contributed by atoms with Crippen molar-refractivity contribution < 1.29 is 28.8 Å². The largest absolute Gasteiger partial charge is 0.480 e. The number of amides is 2. The number of nitro benzene ring substituents is 1. The van der Waals surface area contributed by atoms with Crippen LogP contribution in [0.15, 0.2) is 65.2 Å². The number of carboxylic acid groups (broad SMARTS) is 1. The zero-order valence-electron chi connectivity index (χ0n) is 20.3. The molecule has 4 atom stereocenters. The van der Waals surface area contributed by atoms with Gasteiger partial charge in [-0.25, -0.2) is 0 Å². The Morgan fingerprint density at radius 1 is 1.18 bits per heavy atom. The number of pyridine rings is 1. The van der Waals surface area contributed by atoms with Gasteiger partial charge in [-0.15, -0.1) is 0 Å². The summed E-state index contributed by atoms with van der Waals surface area (Å²) in [6, 6.07) is 13.4. The van der Waals surface area contributed by atoms with Crippen molar-refractivity contribution in [3.05, 3.63) is 82.4 Å². The summed E-state index contributed by atoms with van der Waals surface area (Å²) in [6.07, 6.45) is 3.54. The normalized spacial score (nSPS) is 24.6. The highest BCUT2D eigenvalue weighted by atomic mass is 32.2. The van der Waals surface area contributed by atoms with E-state index >= 15 is 0 Å². The summed E-state index contributed by atoms with van der Waals surface area (Å²) in [5.74, 6) is -3.18. The fourth-order valence-corrected chi connectivity index (χ4v) is 5.86. The maximum Gasteiger partial charge on any atom is 0.324 e. The van der Waals surface area contributed by atoms with Gasteiger partial charge in [0, 0.05) is 23.9 Å². The molecule has 38 heavy (non-hydrogen) atoms. The van der Waals surface area contributed by atoms with Gasteiger partial charge in [0.25, 0.3) is 5.69 Å². The number of aromatic nitrogens is 1. The van der Waals surface area contributed by atoms with Gasteiger partial charge in [0.05, 0.1) is 35.0 Å². The summed E-state index contributed by atoms with van der Waals surface area (Å²) in [5, 5.41) is 24.5. The molecule has 2 amide bonds. The fraction of sp³-hybridized carbons (Fsp3) is 0.308. The molecule has 3 aromatic rings. The molecule has 2 fully saturated rings. The molecule has 2 aromatic heterocycles. The summed E-state index contributed by atoms with van der Waals surface area (Å²) in [7, 11) is 0. The van der Waals surface area contributed by atoms with Crippen LogP contribution in [-0.4, -0.2) is 55.2 Å². The third-order valence-electron chi connectivity index (χ3n) is 7.17. The van der Waals surface area contributed by atoms with E-state index in [2.05, 4.69) is 10.3 Å². The Labute approximate surface area is 221 Å². The number of carbonyl (C=O) groups excluding carboxylic acids is 2. The third-order valence-corrected chi connectivity index (χ3v) is 7.78. The highest BCUT2D eigenvalue weighted by molar-refractivity contribution is 7.98. The van der Waals surface area contributed by atoms with Crippen molar-refractivity contribution in [2.75, 3.05) is 12.0 Å². The van der Waals surface area contributed by atoms with Crippen molar-refractivity contribution in [3.63, 3.8) is 0 Å². The van der Waals surface area contributed by atoms with Gasteiger partial charge in [0.1, 0.15) is 17.1 Å². The lowest BCUT2D eigenvalue weighted by Gasteiger charge is -2.30. The van der Waals surface area contributed by atoms with Gasteiger partial charge in [-0.05, 0) is 54.8 Å². The lowest BCUT2D eigenvalue weighted by atomic mass is 9.78. The fourth-order valence-electron chi connectivity index (χ4n) is 5.33. The van der Waals surface area contributed by atoms with Gasteiger partial charge >= 0.3 is 5.97 Å². The molecular weight excluding hydrogens is 512 g/mol. The van der Waals surface area contributed by atoms with Crippen molar-refractivity contribution >= 4 is 35.2 Å². The van der Waals surface area contributed by atoms with Gasteiger partial charge in [-0.1, -0.05) is 6.07 Å². The second-order valence-electron chi connectivity index (χ2n) is 9.23. The first-order chi connectivity index (χ1) is 18.3. The van der Waals surface area contributed by atoms with Crippen molar-refractivity contribution in [1.29, 1.82) is 0 Å². The number of aliphatic carboxylic acids is 1. The van der Waals surface area contributed by atoms with E-state index in [4.69, 9.17) is 4.42 Å². The summed E-state index contributed by atoms with van der Waals surface area (Å²) in [6.45, 7) is -0.0529. The van der Waals surface area contributed by atoms with Crippen LogP contribution in [0.3, 0.4) is 0 Å². The Hall–Kier alpha value is -4.03. The lowest BCUT2D eigenvalue weighted by molar-refractivity contribution is -0.384. The quantitative estimate of drug-likeness (QED) is 0.236. The number of nitrogens with one attached hydrogen (secondary N) is 1. The van der Waals surface area contributed by atoms with Crippen molar-refractivity contribution in [2.24, 2.45) is 11.8 Å². The molecule has 0 aliphatic carbocycles. The highest BCUT2D eigenvalue weighted by Gasteiger charge is 2.68. The van der Waals surface area contributed by atoms with E-state index in [-0.39, 0.29) is 18.7 Å². The number of fused-ring (bicyclic) bond motifs is 1. The maximum atomic E-state index is 13.7. The number of furan rings is 1. The molecule has 5 rings (SSSR count). The summed E-state index contributed by atoms with van der Waals surface area (Å²) in [5.41, 5.74) is -0.635. The molecule has 2 saturated heterocycles. The molecule has 11 nitrogen and oxygen atoms in total. The van der Waals surface area contributed by atoms with Gasteiger partial charge < -0.3 is 9.52 Å². The highest BCUT2D eigenvalue weighted by Crippen LogP contribution is 2.51. The molecule has 2 aliphatic rings. The smallest absolute Gasteiger partial charge is 0.324 e. The van der Waals surface area contributed by atoms with E-state index in [1.54, 1.807) is 48.7 Å². The number of carbonyl (C=O) groups is 3. The second-order valence-corrected chi connectivity index (χ2v) is 10.2. The number of nitrogens with zero attached hydrogens (tertiary/aromatic N) is 3. The number of rotatable bonds is 9. The summed E-state index contributed by atoms with van der Waals surface area (Å²) < 4.78 is 6.05. The Morgan fingerprint density at radius 2 is 1.95 bits per heavy atom. The molecular formula is C26H24N4O7S. The van der Waals surface area contributed by atoms with Crippen LogP contribution < -0.4 is 5.32 Å². The van der Waals surface area contributed by atoms with Crippen LogP contribution >= 0.6 is 11.8 Å². The van der Waals surface area contributed by atoms with E-state index in [9.17, 15) is 29.6 Å². The van der Waals surface area contributed by atoms with Crippen molar-refractivity contribution in [2.45, 2.75) is 24.5 Å². The third kappa shape index (κ3) is 4.25. The molecule has 0 saturated carbocycles. The molecule has 2 N–H and O–H groups in total. The first-order valence-corrected chi connectivity index (χ1v) is 13.3. The molecule has 4 heterocycles. The van der Waals surface area contributed by atoms with E-state index in [1.165, 1.54) is 23.9 Å². The minimum atomic E-state index is -1.66. The van der Waals surface area contributed by atoms with Crippen LogP contribution in [0.2, 0.25) is 0 Å². The number of nitro groups is 1. The number of non-ortho nitro benzene ring substituents is 1. The molecule has 196 valence electrons. The number of likely N-dealkylation sites (tertiary alicyclic amines) is 1. The monoisotopic (exact) mass is 536 g/mol. The minimum absolute atomic E-state index is 0.0529. The Kier molecular flexibility index (Phi) is 6.76. The van der Waals surface area contributed by atoms with Crippen LogP contribution in [0.1, 0.15) is 23.9 Å². The Bertz CT molecular complexity index is 1390. The lowest BCUT2D eigenvalue weighted by Crippen LogP contribution is -2.56. The first kappa shape index (κ1) is 25.6. The van der Waals surface area contributed by atoms with Crippen LogP contribution in [-0.2, 0) is 20.9 Å². The number of hydrogen-bond donors (Lipinski definition) is 2. The number of carboxylic acids is 1. The standard InChI is InChI=1S/C26H24N4O7S/c1-38-13-11-26(25(33)34)21-20(23(31)29(24(21)32)14-16-4-2-3-12-27-16)22(28-26)19-10-9-18(37-19)15-5-7-17(8-6-15)30(35)36/h2-10,12,20-22,28H,11,13-14H2,1H3,(H,33,34). The van der Waals surface area contributed by atoms with E-state index in [0.29, 0.717) is 28.5 Å². The van der Waals surface area contributed by atoms with Gasteiger partial charge in [-0.3, -0.25) is 39.7 Å². The van der Waals surface area contributed by atoms with Crippen LogP contribution in [0.25, 0.3) is 11.3 Å². The SMILES string of the molecule is CSCCC1(C(=O)O)NC(c2ccc(-c3ccc([N+](=O)[O-])cc3)o2)C2C(=O)N(Cc3ccccn3)C(=O)C21. The molecule has 0 spiro atoms. The topological polar surface area (TPSA) is 156 Å². The molecule has 0 bridgehead atoms. The van der Waals surface area contributed by atoms with Gasteiger partial charge in [-0.2, -0.15) is 11.8 Å². The average molecular weight is 537 g/mol. The predicted octanol–water partition coefficient (Wildman–Crippen LogP) is 3.27. The number of imide groups is 1. The number of thioether (sulfide) groups is 1. The summed E-state index contributed by atoms with van der Waals surface area (Å²) >= 11 is 1.45. The molecule has 1 aromatic carbocycles. The molecule has 2 aliphatic heterocycles. The average Bonchev–Trinajstić information content (AvgIpc) is 3.60. The first-order valence-electron chi connectivity index (χ1n) is 11.9. The van der Waals surface area contributed by atoms with Gasteiger partial charge in [0.2, 0.25) is 11.8 Å². The van der Waals surface area contributed by atoms with E-state index < -0.39 is 46.1 Å². The maximum absolute atomic E-state index is 13.7. The van der Waals surface area contributed by atoms with Crippen molar-refractivity contribution in [1.82, 2.24) is 15.2 Å². The van der Waals surface area contributed by atoms with Crippen LogP contribution in [0, 0.1) is 22.0 Å². The zero-order chi connectivity index (χ0) is 27.0. The number of benzene rings is 1. The molecule has 4 unspecified atom stereocenters. The minimum Gasteiger partial charge on any atom is -0.480 e. The number of hydrogen-bond acceptors (Lipinski definition) is 9. The van der Waals surface area contributed by atoms with Crippen LogP contribution in [0.4, 0.5) is 5.69 Å². The summed E-state index contributed by atoms with van der Waals surface area (Å²) in [4.78, 5) is 55.9. The Morgan fingerprint density at radius 3 is 2.58 bits per heavy atom. The van der Waals surface area contributed by atoms with E-state index in [0.717, 1.165) is 4.90 Å². The van der Waals surface area contributed by atoms with Gasteiger partial charge in [0.15, 0.2) is 0 Å². The Balaban J connectivity index is 1.52. The zero-order valence-corrected chi connectivity index (χ0v) is 21.1. The van der Waals surface area contributed by atoms with Crippen molar-refractivity contribution in [3.8, 4) is 11.3 Å². The predicted molar refractivity (Wildman–Crippen MR) is 137 cm³/mol. The second kappa shape index (κ2) is 10.0. The molecule has 0 radical (unpaired) electrons.